The minimum atomic E-state index is -0.302. The van der Waals surface area contributed by atoms with E-state index < -0.39 is 0 Å². The maximum atomic E-state index is 11.9. The van der Waals surface area contributed by atoms with E-state index in [-0.39, 0.29) is 5.91 Å². The predicted molar refractivity (Wildman–Crippen MR) is 90.2 cm³/mol. The number of carbonyl (C=O) groups is 1. The van der Waals surface area contributed by atoms with E-state index in [2.05, 4.69) is 10.5 Å². The monoisotopic (exact) mass is 332 g/mol. The molecule has 1 amide bonds. The third-order valence-electron chi connectivity index (χ3n) is 3.09. The summed E-state index contributed by atoms with van der Waals surface area (Å²) in [5, 5.41) is 4.54. The van der Waals surface area contributed by atoms with E-state index in [1.165, 1.54) is 0 Å². The fraction of sp³-hybridized carbons (Fsp3) is 0.176. The molecule has 2 rings (SSSR count). The van der Waals surface area contributed by atoms with E-state index in [9.17, 15) is 4.79 Å². The summed E-state index contributed by atoms with van der Waals surface area (Å²) in [6.07, 6.45) is 1.56. The van der Waals surface area contributed by atoms with Crippen LogP contribution < -0.4 is 10.2 Å². The number of methoxy groups -OCH3 is 2. The van der Waals surface area contributed by atoms with Crippen LogP contribution in [-0.4, -0.2) is 26.3 Å². The van der Waals surface area contributed by atoms with Crippen molar-refractivity contribution in [2.75, 3.05) is 14.2 Å². The van der Waals surface area contributed by atoms with Crippen LogP contribution in [0.2, 0.25) is 5.02 Å². The molecule has 0 aliphatic carbocycles. The molecule has 0 bridgehead atoms. The van der Waals surface area contributed by atoms with Crippen molar-refractivity contribution < 1.29 is 14.3 Å². The van der Waals surface area contributed by atoms with Crippen LogP contribution in [0.3, 0.4) is 0 Å². The highest BCUT2D eigenvalue weighted by atomic mass is 35.5. The van der Waals surface area contributed by atoms with Crippen LogP contribution in [0.1, 0.15) is 21.5 Å². The largest absolute Gasteiger partial charge is 0.496 e. The number of nitrogens with one attached hydrogen (secondary N) is 1. The lowest BCUT2D eigenvalue weighted by molar-refractivity contribution is 0.0955. The summed E-state index contributed by atoms with van der Waals surface area (Å²) in [6, 6.07) is 12.1. The first-order chi connectivity index (χ1) is 11.1. The van der Waals surface area contributed by atoms with Gasteiger partial charge in [-0.05, 0) is 48.0 Å². The first-order valence-corrected chi connectivity index (χ1v) is 7.26. The van der Waals surface area contributed by atoms with Gasteiger partial charge in [-0.15, -0.1) is 0 Å². The molecule has 0 atom stereocenters. The molecule has 0 aromatic heterocycles. The second-order valence-corrected chi connectivity index (χ2v) is 5.15. The molecule has 5 nitrogen and oxygen atoms in total. The fourth-order valence-corrected chi connectivity index (χ4v) is 2.10. The van der Waals surface area contributed by atoms with Crippen LogP contribution in [0, 0.1) is 0 Å². The Bertz CT molecular complexity index is 699. The first kappa shape index (κ1) is 17.0. The Morgan fingerprint density at radius 1 is 1.22 bits per heavy atom. The van der Waals surface area contributed by atoms with Gasteiger partial charge in [0.15, 0.2) is 0 Å². The maximum absolute atomic E-state index is 11.9. The molecule has 0 fully saturated rings. The van der Waals surface area contributed by atoms with Crippen LogP contribution in [0.15, 0.2) is 47.6 Å². The molecule has 23 heavy (non-hydrogen) atoms. The number of carbonyl (C=O) groups excluding carboxylic acids is 1. The molecule has 120 valence electrons. The Kier molecular flexibility index (Phi) is 6.14. The number of amides is 1. The lowest BCUT2D eigenvalue weighted by atomic mass is 10.1. The molecular formula is C17H17ClN2O3. The maximum Gasteiger partial charge on any atom is 0.271 e. The highest BCUT2D eigenvalue weighted by Crippen LogP contribution is 2.19. The summed E-state index contributed by atoms with van der Waals surface area (Å²) in [6.45, 7) is 0.433. The normalized spacial score (nSPS) is 10.7. The summed E-state index contributed by atoms with van der Waals surface area (Å²) < 4.78 is 10.4. The van der Waals surface area contributed by atoms with Gasteiger partial charge in [0.2, 0.25) is 0 Å². The van der Waals surface area contributed by atoms with Crippen molar-refractivity contribution >= 4 is 23.7 Å². The van der Waals surface area contributed by atoms with Gasteiger partial charge in [-0.2, -0.15) is 5.10 Å². The predicted octanol–water partition coefficient (Wildman–Crippen LogP) is 3.26. The van der Waals surface area contributed by atoms with Gasteiger partial charge in [-0.3, -0.25) is 4.79 Å². The molecule has 1 N–H and O–H groups in total. The molecule has 2 aromatic carbocycles. The Hall–Kier alpha value is -2.37. The van der Waals surface area contributed by atoms with Gasteiger partial charge in [-0.1, -0.05) is 11.6 Å². The third kappa shape index (κ3) is 4.81. The number of hydrogen-bond acceptors (Lipinski definition) is 4. The Morgan fingerprint density at radius 2 is 1.96 bits per heavy atom. The van der Waals surface area contributed by atoms with Crippen molar-refractivity contribution in [3.05, 3.63) is 64.2 Å². The molecule has 0 aliphatic heterocycles. The number of halogens is 1. The second kappa shape index (κ2) is 8.31. The van der Waals surface area contributed by atoms with Crippen LogP contribution in [0.4, 0.5) is 0 Å². The molecule has 0 aliphatic rings. The van der Waals surface area contributed by atoms with E-state index >= 15 is 0 Å². The van der Waals surface area contributed by atoms with Crippen LogP contribution in [0.5, 0.6) is 5.75 Å². The van der Waals surface area contributed by atoms with Gasteiger partial charge < -0.3 is 9.47 Å². The SMILES string of the molecule is COCc1cc(/C=N\NC(=O)c2ccc(Cl)cc2)ccc1OC. The van der Waals surface area contributed by atoms with E-state index in [0.29, 0.717) is 17.2 Å². The van der Waals surface area contributed by atoms with Crippen molar-refractivity contribution in [1.29, 1.82) is 0 Å². The summed E-state index contributed by atoms with van der Waals surface area (Å²) in [5.74, 6) is 0.442. The van der Waals surface area contributed by atoms with Gasteiger partial charge in [0.25, 0.3) is 5.91 Å². The molecule has 6 heteroatoms. The Labute approximate surface area is 139 Å². The van der Waals surface area contributed by atoms with Gasteiger partial charge in [0.1, 0.15) is 5.75 Å². The smallest absolute Gasteiger partial charge is 0.271 e. The molecule has 0 saturated carbocycles. The molecule has 2 aromatic rings. The minimum Gasteiger partial charge on any atom is -0.496 e. The van der Waals surface area contributed by atoms with E-state index in [1.807, 2.05) is 18.2 Å². The number of hydrazone groups is 1. The number of ether oxygens (including phenoxy) is 2. The fourth-order valence-electron chi connectivity index (χ4n) is 1.98. The lowest BCUT2D eigenvalue weighted by Gasteiger charge is -2.08. The number of hydrogen-bond donors (Lipinski definition) is 1. The molecule has 0 saturated heterocycles. The molecule has 0 heterocycles. The van der Waals surface area contributed by atoms with Crippen molar-refractivity contribution in [1.82, 2.24) is 5.43 Å². The summed E-state index contributed by atoms with van der Waals surface area (Å²) in [5.41, 5.74) is 4.69. The van der Waals surface area contributed by atoms with E-state index in [0.717, 1.165) is 16.9 Å². The lowest BCUT2D eigenvalue weighted by Crippen LogP contribution is -2.17. The van der Waals surface area contributed by atoms with Crippen LogP contribution >= 0.6 is 11.6 Å². The average molecular weight is 333 g/mol. The van der Waals surface area contributed by atoms with Gasteiger partial charge >= 0.3 is 0 Å². The van der Waals surface area contributed by atoms with Crippen molar-refractivity contribution in [2.45, 2.75) is 6.61 Å². The number of rotatable bonds is 6. The minimum absolute atomic E-state index is 0.302. The highest BCUT2D eigenvalue weighted by molar-refractivity contribution is 6.30. The third-order valence-corrected chi connectivity index (χ3v) is 3.34. The molecule has 0 unspecified atom stereocenters. The van der Waals surface area contributed by atoms with E-state index in [1.54, 1.807) is 44.7 Å². The van der Waals surface area contributed by atoms with Gasteiger partial charge in [-0.25, -0.2) is 5.43 Å². The summed E-state index contributed by atoms with van der Waals surface area (Å²) >= 11 is 5.78. The zero-order valence-electron chi connectivity index (χ0n) is 12.9. The van der Waals surface area contributed by atoms with Gasteiger partial charge in [0, 0.05) is 23.3 Å². The van der Waals surface area contributed by atoms with Crippen molar-refractivity contribution in [2.24, 2.45) is 5.10 Å². The Balaban J connectivity index is 2.03. The van der Waals surface area contributed by atoms with E-state index in [4.69, 9.17) is 21.1 Å². The van der Waals surface area contributed by atoms with Crippen molar-refractivity contribution in [3.8, 4) is 5.75 Å². The Morgan fingerprint density at radius 3 is 2.61 bits per heavy atom. The second-order valence-electron chi connectivity index (χ2n) is 4.71. The average Bonchev–Trinajstić information content (AvgIpc) is 2.56. The zero-order chi connectivity index (χ0) is 16.7. The van der Waals surface area contributed by atoms with Gasteiger partial charge in [0.05, 0.1) is 19.9 Å². The number of benzene rings is 2. The quantitative estimate of drug-likeness (QED) is 0.652. The zero-order valence-corrected chi connectivity index (χ0v) is 13.6. The standard InChI is InChI=1S/C17H17ClN2O3/c1-22-11-14-9-12(3-8-16(14)23-2)10-19-20-17(21)13-4-6-15(18)7-5-13/h3-10H,11H2,1-2H3,(H,20,21)/b19-10-. The molecular weight excluding hydrogens is 316 g/mol. The van der Waals surface area contributed by atoms with Crippen molar-refractivity contribution in [3.63, 3.8) is 0 Å². The first-order valence-electron chi connectivity index (χ1n) is 6.89. The van der Waals surface area contributed by atoms with Crippen LogP contribution in [-0.2, 0) is 11.3 Å². The van der Waals surface area contributed by atoms with Crippen LogP contribution in [0.25, 0.3) is 0 Å². The summed E-state index contributed by atoms with van der Waals surface area (Å²) in [7, 11) is 3.22. The number of nitrogens with zero attached hydrogens (tertiary/aromatic N) is 1. The summed E-state index contributed by atoms with van der Waals surface area (Å²) in [4.78, 5) is 11.9. The molecule has 0 radical (unpaired) electrons. The topological polar surface area (TPSA) is 59.9 Å². The molecule has 0 spiro atoms. The highest BCUT2D eigenvalue weighted by Gasteiger charge is 2.05.